The van der Waals surface area contributed by atoms with Crippen molar-refractivity contribution in [1.29, 1.82) is 0 Å². The Morgan fingerprint density at radius 2 is 2.24 bits per heavy atom. The molecule has 0 spiro atoms. The molecule has 0 aliphatic heterocycles. The summed E-state index contributed by atoms with van der Waals surface area (Å²) < 4.78 is 1.12. The maximum absolute atomic E-state index is 11.7. The first-order chi connectivity index (χ1) is 8.02. The number of carbonyl (C=O) groups excluding carboxylic acids is 1. The number of hydrogen-bond acceptors (Lipinski definition) is 4. The van der Waals surface area contributed by atoms with E-state index in [1.165, 1.54) is 6.20 Å². The zero-order valence-corrected chi connectivity index (χ0v) is 12.8. The Bertz CT molecular complexity index is 400. The predicted molar refractivity (Wildman–Crippen MR) is 73.8 cm³/mol. The van der Waals surface area contributed by atoms with E-state index in [0.717, 1.165) is 6.54 Å². The van der Waals surface area contributed by atoms with Gasteiger partial charge in [-0.25, -0.2) is 9.97 Å². The fraction of sp³-hybridized carbons (Fsp3) is 0.500. The van der Waals surface area contributed by atoms with Crippen molar-refractivity contribution in [1.82, 2.24) is 15.3 Å². The molecule has 94 valence electrons. The van der Waals surface area contributed by atoms with Crippen LogP contribution in [0.15, 0.2) is 15.4 Å². The molecule has 1 atom stereocenters. The standard InChI is InChI=1S/C10H14Br2N4O/c1-3-13-6(2)4-8(17)16-10-9(12)15-7(11)5-14-10/h5-6,13H,3-4H2,1-2H3,(H,14,16,17). The van der Waals surface area contributed by atoms with E-state index in [0.29, 0.717) is 21.4 Å². The van der Waals surface area contributed by atoms with Crippen LogP contribution in [-0.4, -0.2) is 28.5 Å². The smallest absolute Gasteiger partial charge is 0.227 e. The molecule has 0 saturated carbocycles. The van der Waals surface area contributed by atoms with Gasteiger partial charge < -0.3 is 10.6 Å². The molecular formula is C10H14Br2N4O. The van der Waals surface area contributed by atoms with E-state index in [1.54, 1.807) is 0 Å². The van der Waals surface area contributed by atoms with Gasteiger partial charge >= 0.3 is 0 Å². The molecule has 7 heteroatoms. The number of halogens is 2. The van der Waals surface area contributed by atoms with Crippen molar-refractivity contribution < 1.29 is 4.79 Å². The number of nitrogens with one attached hydrogen (secondary N) is 2. The van der Waals surface area contributed by atoms with Crippen molar-refractivity contribution in [2.75, 3.05) is 11.9 Å². The molecule has 5 nitrogen and oxygen atoms in total. The van der Waals surface area contributed by atoms with Crippen LogP contribution in [0.2, 0.25) is 0 Å². The van der Waals surface area contributed by atoms with Gasteiger partial charge in [0.2, 0.25) is 5.91 Å². The first-order valence-electron chi connectivity index (χ1n) is 5.24. The number of carbonyl (C=O) groups is 1. The van der Waals surface area contributed by atoms with Crippen molar-refractivity contribution in [3.63, 3.8) is 0 Å². The highest BCUT2D eigenvalue weighted by atomic mass is 79.9. The molecule has 2 N–H and O–H groups in total. The van der Waals surface area contributed by atoms with Crippen molar-refractivity contribution in [3.05, 3.63) is 15.4 Å². The number of amides is 1. The molecule has 0 aromatic carbocycles. The highest BCUT2D eigenvalue weighted by Crippen LogP contribution is 2.19. The summed E-state index contributed by atoms with van der Waals surface area (Å²) in [5.74, 6) is 0.345. The molecular weight excluding hydrogens is 352 g/mol. The second-order valence-corrected chi connectivity index (χ2v) is 5.11. The first-order valence-corrected chi connectivity index (χ1v) is 6.82. The van der Waals surface area contributed by atoms with Gasteiger partial charge in [-0.15, -0.1) is 0 Å². The molecule has 1 amide bonds. The fourth-order valence-corrected chi connectivity index (χ4v) is 2.22. The van der Waals surface area contributed by atoms with E-state index < -0.39 is 0 Å². The van der Waals surface area contributed by atoms with Crippen LogP contribution < -0.4 is 10.6 Å². The van der Waals surface area contributed by atoms with Crippen LogP contribution in [0.5, 0.6) is 0 Å². The molecule has 1 aromatic heterocycles. The quantitative estimate of drug-likeness (QED) is 0.840. The minimum absolute atomic E-state index is 0.0872. The van der Waals surface area contributed by atoms with Crippen molar-refractivity contribution in [3.8, 4) is 0 Å². The molecule has 0 bridgehead atoms. The molecule has 0 radical (unpaired) electrons. The van der Waals surface area contributed by atoms with Crippen LogP contribution in [0.1, 0.15) is 20.3 Å². The highest BCUT2D eigenvalue weighted by molar-refractivity contribution is 9.11. The third-order valence-electron chi connectivity index (χ3n) is 2.00. The van der Waals surface area contributed by atoms with Crippen LogP contribution >= 0.6 is 31.9 Å². The summed E-state index contributed by atoms with van der Waals surface area (Å²) >= 11 is 6.44. The van der Waals surface area contributed by atoms with Crippen molar-refractivity contribution in [2.45, 2.75) is 26.3 Å². The lowest BCUT2D eigenvalue weighted by atomic mass is 10.2. The Hall–Kier alpha value is -0.530. The Morgan fingerprint density at radius 1 is 1.53 bits per heavy atom. The molecule has 0 saturated heterocycles. The van der Waals surface area contributed by atoms with E-state index in [-0.39, 0.29) is 11.9 Å². The molecule has 1 heterocycles. The lowest BCUT2D eigenvalue weighted by Crippen LogP contribution is -2.30. The van der Waals surface area contributed by atoms with Crippen LogP contribution in [0.3, 0.4) is 0 Å². The largest absolute Gasteiger partial charge is 0.314 e. The van der Waals surface area contributed by atoms with Crippen LogP contribution in [-0.2, 0) is 4.79 Å². The maximum Gasteiger partial charge on any atom is 0.227 e. The Kier molecular flexibility index (Phi) is 6.01. The second-order valence-electron chi connectivity index (χ2n) is 3.54. The van der Waals surface area contributed by atoms with Gasteiger partial charge in [-0.05, 0) is 45.3 Å². The van der Waals surface area contributed by atoms with Crippen LogP contribution in [0, 0.1) is 0 Å². The van der Waals surface area contributed by atoms with E-state index in [9.17, 15) is 4.79 Å². The zero-order valence-electron chi connectivity index (χ0n) is 9.63. The third-order valence-corrected chi connectivity index (χ3v) is 2.94. The molecule has 17 heavy (non-hydrogen) atoms. The summed E-state index contributed by atoms with van der Waals surface area (Å²) in [7, 11) is 0. The Morgan fingerprint density at radius 3 is 2.82 bits per heavy atom. The molecule has 1 rings (SSSR count). The summed E-state index contributed by atoms with van der Waals surface area (Å²) in [4.78, 5) is 19.8. The Labute approximate surface area is 117 Å². The molecule has 1 aromatic rings. The van der Waals surface area contributed by atoms with E-state index in [4.69, 9.17) is 0 Å². The van der Waals surface area contributed by atoms with Gasteiger partial charge in [-0.2, -0.15) is 0 Å². The minimum Gasteiger partial charge on any atom is -0.314 e. The van der Waals surface area contributed by atoms with E-state index in [2.05, 4.69) is 52.5 Å². The average Bonchev–Trinajstić information content (AvgIpc) is 2.22. The molecule has 0 fully saturated rings. The summed E-state index contributed by atoms with van der Waals surface area (Å²) in [5.41, 5.74) is 0. The van der Waals surface area contributed by atoms with Crippen molar-refractivity contribution >= 4 is 43.6 Å². The van der Waals surface area contributed by atoms with Crippen LogP contribution in [0.25, 0.3) is 0 Å². The molecule has 0 aliphatic rings. The van der Waals surface area contributed by atoms with Gasteiger partial charge in [0.05, 0.1) is 6.20 Å². The van der Waals surface area contributed by atoms with Gasteiger partial charge in [-0.1, -0.05) is 6.92 Å². The second kappa shape index (κ2) is 7.03. The number of hydrogen-bond donors (Lipinski definition) is 2. The number of nitrogens with zero attached hydrogens (tertiary/aromatic N) is 2. The first kappa shape index (κ1) is 14.5. The van der Waals surface area contributed by atoms with Gasteiger partial charge in [0.25, 0.3) is 0 Å². The summed E-state index contributed by atoms with van der Waals surface area (Å²) in [5, 5.41) is 5.88. The maximum atomic E-state index is 11.7. The topological polar surface area (TPSA) is 66.9 Å². The third kappa shape index (κ3) is 5.10. The molecule has 1 unspecified atom stereocenters. The fourth-order valence-electron chi connectivity index (χ4n) is 1.31. The number of aromatic nitrogens is 2. The van der Waals surface area contributed by atoms with Crippen LogP contribution in [0.4, 0.5) is 5.82 Å². The minimum atomic E-state index is -0.0872. The van der Waals surface area contributed by atoms with Gasteiger partial charge in [0, 0.05) is 12.5 Å². The average molecular weight is 366 g/mol. The van der Waals surface area contributed by atoms with Gasteiger partial charge in [0.15, 0.2) is 5.82 Å². The SMILES string of the molecule is CCNC(C)CC(=O)Nc1ncc(Br)nc1Br. The normalized spacial score (nSPS) is 12.2. The van der Waals surface area contributed by atoms with Gasteiger partial charge in [-0.3, -0.25) is 4.79 Å². The predicted octanol–water partition coefficient (Wildman–Crippen LogP) is 2.33. The molecule has 0 aliphatic carbocycles. The monoisotopic (exact) mass is 364 g/mol. The lowest BCUT2D eigenvalue weighted by Gasteiger charge is -2.12. The van der Waals surface area contributed by atoms with Gasteiger partial charge in [0.1, 0.15) is 9.21 Å². The number of anilines is 1. The van der Waals surface area contributed by atoms with E-state index in [1.807, 2.05) is 13.8 Å². The zero-order chi connectivity index (χ0) is 12.8. The summed E-state index contributed by atoms with van der Waals surface area (Å²) in [6.07, 6.45) is 1.94. The van der Waals surface area contributed by atoms with Crippen molar-refractivity contribution in [2.24, 2.45) is 0 Å². The lowest BCUT2D eigenvalue weighted by molar-refractivity contribution is -0.116. The Balaban J connectivity index is 2.56. The number of rotatable bonds is 5. The highest BCUT2D eigenvalue weighted by Gasteiger charge is 2.11. The summed E-state index contributed by atoms with van der Waals surface area (Å²) in [6, 6.07) is 0.141. The van der Waals surface area contributed by atoms with E-state index >= 15 is 0 Å². The summed E-state index contributed by atoms with van der Waals surface area (Å²) in [6.45, 7) is 4.81.